The zero-order chi connectivity index (χ0) is 11.5. The molecule has 6 heteroatoms. The van der Waals surface area contributed by atoms with E-state index in [1.807, 2.05) is 20.8 Å². The van der Waals surface area contributed by atoms with E-state index in [4.69, 9.17) is 0 Å². The maximum absolute atomic E-state index is 11.6. The molecule has 0 bridgehead atoms. The molecule has 0 aliphatic carbocycles. The minimum atomic E-state index is -3.26. The molecule has 0 unspecified atom stereocenters. The summed E-state index contributed by atoms with van der Waals surface area (Å²) in [6.07, 6.45) is 2.12. The Labute approximate surface area is 90.3 Å². The van der Waals surface area contributed by atoms with Gasteiger partial charge >= 0.3 is 0 Å². The monoisotopic (exact) mass is 231 g/mol. The summed E-state index contributed by atoms with van der Waals surface area (Å²) in [5.41, 5.74) is 0.0166. The lowest BCUT2D eigenvalue weighted by Crippen LogP contribution is -2.21. The second-order valence-corrected chi connectivity index (χ2v) is 6.54. The standard InChI is InChI=1S/C9H17N3O2S/c1-9(2,3)5-7-15(13,14)12-8-4-6-10-11-8/h4,6H,5,7H2,1-3H3,(H2,10,11,12). The second kappa shape index (κ2) is 4.22. The van der Waals surface area contributed by atoms with Gasteiger partial charge in [0.2, 0.25) is 10.0 Å². The molecule has 0 saturated heterocycles. The van der Waals surface area contributed by atoms with Crippen molar-refractivity contribution in [2.45, 2.75) is 27.2 Å². The molecule has 1 rings (SSSR count). The van der Waals surface area contributed by atoms with Crippen molar-refractivity contribution in [3.63, 3.8) is 0 Å². The molecule has 0 spiro atoms. The summed E-state index contributed by atoms with van der Waals surface area (Å²) in [6.45, 7) is 6.04. The van der Waals surface area contributed by atoms with Crippen molar-refractivity contribution < 1.29 is 8.42 Å². The predicted octanol–water partition coefficient (Wildman–Crippen LogP) is 1.59. The van der Waals surface area contributed by atoms with E-state index in [2.05, 4.69) is 14.9 Å². The Bertz CT molecular complexity index is 389. The summed E-state index contributed by atoms with van der Waals surface area (Å²) >= 11 is 0. The fourth-order valence-electron chi connectivity index (χ4n) is 0.972. The van der Waals surface area contributed by atoms with Crippen molar-refractivity contribution in [2.75, 3.05) is 10.5 Å². The summed E-state index contributed by atoms with van der Waals surface area (Å²) < 4.78 is 25.6. The summed E-state index contributed by atoms with van der Waals surface area (Å²) in [5.74, 6) is 0.527. The minimum absolute atomic E-state index is 0.0166. The molecule has 5 nitrogen and oxygen atoms in total. The second-order valence-electron chi connectivity index (χ2n) is 4.70. The molecule has 0 fully saturated rings. The number of sulfonamides is 1. The highest BCUT2D eigenvalue weighted by Crippen LogP contribution is 2.19. The van der Waals surface area contributed by atoms with Crippen molar-refractivity contribution in [2.24, 2.45) is 5.41 Å². The smallest absolute Gasteiger partial charge is 0.233 e. The first kappa shape index (κ1) is 12.0. The van der Waals surface area contributed by atoms with E-state index < -0.39 is 10.0 Å². The van der Waals surface area contributed by atoms with Gasteiger partial charge in [-0.25, -0.2) is 8.42 Å². The van der Waals surface area contributed by atoms with Crippen LogP contribution in [0.3, 0.4) is 0 Å². The largest absolute Gasteiger partial charge is 0.268 e. The number of hydrogen-bond donors (Lipinski definition) is 2. The Morgan fingerprint density at radius 2 is 2.13 bits per heavy atom. The van der Waals surface area contributed by atoms with Crippen molar-refractivity contribution in [1.29, 1.82) is 0 Å². The van der Waals surface area contributed by atoms with Gasteiger partial charge < -0.3 is 0 Å². The highest BCUT2D eigenvalue weighted by molar-refractivity contribution is 7.92. The van der Waals surface area contributed by atoms with Gasteiger partial charge in [-0.2, -0.15) is 5.10 Å². The molecule has 86 valence electrons. The first-order valence-corrected chi connectivity index (χ1v) is 6.44. The molecule has 0 aromatic carbocycles. The van der Waals surface area contributed by atoms with Crippen LogP contribution in [0, 0.1) is 5.41 Å². The van der Waals surface area contributed by atoms with Crippen molar-refractivity contribution in [3.05, 3.63) is 12.3 Å². The molecule has 1 aromatic rings. The van der Waals surface area contributed by atoms with E-state index in [1.54, 1.807) is 6.07 Å². The summed E-state index contributed by atoms with van der Waals surface area (Å²) in [4.78, 5) is 0. The zero-order valence-corrected chi connectivity index (χ0v) is 10.1. The van der Waals surface area contributed by atoms with Crippen LogP contribution in [0.1, 0.15) is 27.2 Å². The molecular formula is C9H17N3O2S. The molecule has 0 saturated carbocycles. The molecule has 0 atom stereocenters. The Morgan fingerprint density at radius 1 is 1.47 bits per heavy atom. The predicted molar refractivity (Wildman–Crippen MR) is 60.1 cm³/mol. The number of nitrogens with zero attached hydrogens (tertiary/aromatic N) is 1. The van der Waals surface area contributed by atoms with E-state index >= 15 is 0 Å². The number of hydrogen-bond acceptors (Lipinski definition) is 3. The van der Waals surface area contributed by atoms with Gasteiger partial charge in [-0.3, -0.25) is 9.82 Å². The number of aromatic nitrogens is 2. The van der Waals surface area contributed by atoms with Gasteiger partial charge in [-0.1, -0.05) is 20.8 Å². The molecule has 0 amide bonds. The number of rotatable bonds is 4. The topological polar surface area (TPSA) is 74.8 Å². The first-order valence-electron chi connectivity index (χ1n) is 4.78. The fraction of sp³-hybridized carbons (Fsp3) is 0.667. The Morgan fingerprint density at radius 3 is 2.60 bits per heavy atom. The van der Waals surface area contributed by atoms with E-state index in [9.17, 15) is 8.42 Å². The quantitative estimate of drug-likeness (QED) is 0.826. The lowest BCUT2D eigenvalue weighted by atomic mass is 9.94. The molecule has 0 radical (unpaired) electrons. The van der Waals surface area contributed by atoms with Crippen LogP contribution in [-0.2, 0) is 10.0 Å². The normalized spacial score (nSPS) is 12.7. The van der Waals surface area contributed by atoms with Crippen molar-refractivity contribution in [3.8, 4) is 0 Å². The van der Waals surface area contributed by atoms with Gasteiger partial charge in [-0.15, -0.1) is 0 Å². The van der Waals surface area contributed by atoms with Crippen LogP contribution in [0.15, 0.2) is 12.3 Å². The summed E-state index contributed by atoms with van der Waals surface area (Å²) in [7, 11) is -3.26. The number of nitrogens with one attached hydrogen (secondary N) is 2. The SMILES string of the molecule is CC(C)(C)CCS(=O)(=O)Nc1ccn[nH]1. The maximum atomic E-state index is 11.6. The van der Waals surface area contributed by atoms with Gasteiger partial charge in [-0.05, 0) is 11.8 Å². The van der Waals surface area contributed by atoms with E-state index in [1.165, 1.54) is 6.20 Å². The lowest BCUT2D eigenvalue weighted by Gasteiger charge is -2.17. The van der Waals surface area contributed by atoms with E-state index in [0.717, 1.165) is 0 Å². The fourth-order valence-corrected chi connectivity index (χ4v) is 2.40. The van der Waals surface area contributed by atoms with Gasteiger partial charge in [0, 0.05) is 6.07 Å². The first-order chi connectivity index (χ1) is 6.79. The highest BCUT2D eigenvalue weighted by Gasteiger charge is 2.17. The van der Waals surface area contributed by atoms with Crippen LogP contribution in [0.2, 0.25) is 0 Å². The third-order valence-corrected chi connectivity index (χ3v) is 3.16. The maximum Gasteiger partial charge on any atom is 0.233 e. The lowest BCUT2D eigenvalue weighted by molar-refractivity contribution is 0.397. The number of anilines is 1. The van der Waals surface area contributed by atoms with E-state index in [-0.39, 0.29) is 11.2 Å². The van der Waals surface area contributed by atoms with Gasteiger partial charge in [0.1, 0.15) is 5.82 Å². The number of H-pyrrole nitrogens is 1. The van der Waals surface area contributed by atoms with Crippen LogP contribution in [0.25, 0.3) is 0 Å². The third kappa shape index (κ3) is 4.83. The van der Waals surface area contributed by atoms with Crippen LogP contribution >= 0.6 is 0 Å². The van der Waals surface area contributed by atoms with Crippen molar-refractivity contribution >= 4 is 15.8 Å². The van der Waals surface area contributed by atoms with Crippen LogP contribution in [-0.4, -0.2) is 24.4 Å². The van der Waals surface area contributed by atoms with E-state index in [0.29, 0.717) is 12.2 Å². The highest BCUT2D eigenvalue weighted by atomic mass is 32.2. The van der Waals surface area contributed by atoms with Crippen LogP contribution < -0.4 is 4.72 Å². The zero-order valence-electron chi connectivity index (χ0n) is 9.24. The Hall–Kier alpha value is -1.04. The van der Waals surface area contributed by atoms with Crippen LogP contribution in [0.5, 0.6) is 0 Å². The van der Waals surface area contributed by atoms with Crippen LogP contribution in [0.4, 0.5) is 5.82 Å². The van der Waals surface area contributed by atoms with Crippen molar-refractivity contribution in [1.82, 2.24) is 10.2 Å². The third-order valence-electron chi connectivity index (χ3n) is 1.89. The van der Waals surface area contributed by atoms with Gasteiger partial charge in [0.15, 0.2) is 0 Å². The number of aromatic amines is 1. The Kier molecular flexibility index (Phi) is 3.38. The average molecular weight is 231 g/mol. The summed E-state index contributed by atoms with van der Waals surface area (Å²) in [5, 5.41) is 6.21. The molecule has 0 aliphatic heterocycles. The van der Waals surface area contributed by atoms with Gasteiger partial charge in [0.05, 0.1) is 11.9 Å². The molecular weight excluding hydrogens is 214 g/mol. The van der Waals surface area contributed by atoms with Gasteiger partial charge in [0.25, 0.3) is 0 Å². The molecule has 0 aliphatic rings. The Balaban J connectivity index is 2.54. The minimum Gasteiger partial charge on any atom is -0.268 e. The average Bonchev–Trinajstić information content (AvgIpc) is 2.52. The molecule has 15 heavy (non-hydrogen) atoms. The molecule has 1 heterocycles. The molecule has 1 aromatic heterocycles. The molecule has 2 N–H and O–H groups in total. The summed E-state index contributed by atoms with van der Waals surface area (Å²) in [6, 6.07) is 1.58.